The minimum Gasteiger partial charge on any atom is -0.490 e. The number of hydrogen-bond acceptors (Lipinski definition) is 6. The minimum absolute atomic E-state index is 0.00890. The number of para-hydroxylation sites is 1. The number of benzene rings is 2. The van der Waals surface area contributed by atoms with Gasteiger partial charge in [0.2, 0.25) is 5.75 Å². The highest BCUT2D eigenvalue weighted by Gasteiger charge is 2.34. The van der Waals surface area contributed by atoms with Crippen LogP contribution >= 0.6 is 0 Å². The maximum absolute atomic E-state index is 12.7. The second-order valence-corrected chi connectivity index (χ2v) is 5.97. The van der Waals surface area contributed by atoms with E-state index in [9.17, 15) is 19.7 Å². The normalized spacial score (nSPS) is 14.8. The van der Waals surface area contributed by atoms with Crippen LogP contribution in [0.4, 0.5) is 11.4 Å². The van der Waals surface area contributed by atoms with E-state index in [1.807, 2.05) is 0 Å². The number of nitro benzene ring substituents is 1. The molecule has 0 bridgehead atoms. The zero-order valence-corrected chi connectivity index (χ0v) is 15.9. The number of nitrogens with zero attached hydrogens (tertiary/aromatic N) is 2. The summed E-state index contributed by atoms with van der Waals surface area (Å²) >= 11 is 0. The summed E-state index contributed by atoms with van der Waals surface area (Å²) in [5, 5.41) is 12.6. The van der Waals surface area contributed by atoms with Gasteiger partial charge < -0.3 is 9.47 Å². The summed E-state index contributed by atoms with van der Waals surface area (Å²) in [6.07, 6.45) is 1.30. The summed E-state index contributed by atoms with van der Waals surface area (Å²) in [7, 11) is 0. The molecule has 29 heavy (non-hydrogen) atoms. The van der Waals surface area contributed by atoms with Crippen molar-refractivity contribution in [1.29, 1.82) is 0 Å². The van der Waals surface area contributed by atoms with E-state index in [0.717, 1.165) is 5.01 Å². The van der Waals surface area contributed by atoms with Gasteiger partial charge in [-0.3, -0.25) is 25.1 Å². The molecule has 1 aliphatic rings. The molecule has 1 fully saturated rings. The monoisotopic (exact) mass is 397 g/mol. The van der Waals surface area contributed by atoms with Crippen molar-refractivity contribution in [2.24, 2.45) is 0 Å². The summed E-state index contributed by atoms with van der Waals surface area (Å²) in [4.78, 5) is 36.0. The molecule has 3 rings (SSSR count). The number of nitro groups is 1. The highest BCUT2D eigenvalue weighted by molar-refractivity contribution is 6.31. The van der Waals surface area contributed by atoms with Crippen LogP contribution in [0.5, 0.6) is 11.5 Å². The van der Waals surface area contributed by atoms with E-state index in [1.165, 1.54) is 18.2 Å². The fourth-order valence-electron chi connectivity index (χ4n) is 2.86. The Bertz CT molecular complexity index is 987. The van der Waals surface area contributed by atoms with E-state index in [1.54, 1.807) is 44.2 Å². The van der Waals surface area contributed by atoms with E-state index in [0.29, 0.717) is 5.69 Å². The fourth-order valence-corrected chi connectivity index (χ4v) is 2.86. The van der Waals surface area contributed by atoms with Gasteiger partial charge in [0.25, 0.3) is 11.8 Å². The Morgan fingerprint density at radius 1 is 1.10 bits per heavy atom. The molecule has 9 heteroatoms. The lowest BCUT2D eigenvalue weighted by atomic mass is 10.1. The number of carbonyl (C=O) groups excluding carboxylic acids is 2. The first-order valence-corrected chi connectivity index (χ1v) is 8.96. The van der Waals surface area contributed by atoms with Crippen LogP contribution < -0.4 is 19.9 Å². The van der Waals surface area contributed by atoms with E-state index < -0.39 is 16.7 Å². The van der Waals surface area contributed by atoms with Gasteiger partial charge in [-0.05, 0) is 43.7 Å². The van der Waals surface area contributed by atoms with E-state index in [4.69, 9.17) is 9.47 Å². The van der Waals surface area contributed by atoms with Gasteiger partial charge >= 0.3 is 5.69 Å². The summed E-state index contributed by atoms with van der Waals surface area (Å²) in [6.45, 7) is 3.92. The van der Waals surface area contributed by atoms with Crippen LogP contribution in [-0.4, -0.2) is 30.0 Å². The molecular formula is C20H19N3O6. The molecule has 2 amide bonds. The van der Waals surface area contributed by atoms with Crippen LogP contribution in [0.25, 0.3) is 6.08 Å². The van der Waals surface area contributed by atoms with Gasteiger partial charge in [-0.25, -0.2) is 5.01 Å². The van der Waals surface area contributed by atoms with Crippen LogP contribution in [0.2, 0.25) is 0 Å². The number of hydrogen-bond donors (Lipinski definition) is 1. The van der Waals surface area contributed by atoms with Crippen molar-refractivity contribution in [2.75, 3.05) is 18.2 Å². The highest BCUT2D eigenvalue weighted by atomic mass is 16.6. The second kappa shape index (κ2) is 8.42. The molecular weight excluding hydrogens is 378 g/mol. The number of carbonyl (C=O) groups is 2. The predicted molar refractivity (Wildman–Crippen MR) is 105 cm³/mol. The van der Waals surface area contributed by atoms with Gasteiger partial charge in [-0.15, -0.1) is 0 Å². The number of amides is 2. The lowest BCUT2D eigenvalue weighted by molar-refractivity contribution is -0.386. The van der Waals surface area contributed by atoms with Crippen LogP contribution in [0.1, 0.15) is 19.4 Å². The van der Waals surface area contributed by atoms with Crippen molar-refractivity contribution in [3.05, 3.63) is 63.7 Å². The van der Waals surface area contributed by atoms with Crippen LogP contribution in [0, 0.1) is 10.1 Å². The standard InChI is InChI=1S/C20H19N3O6/c1-3-28-17-12-13(11-16(23(26)27)18(17)29-4-2)10-15-19(24)21-22(20(15)25)14-8-6-5-7-9-14/h5-12H,3-4H2,1-2H3,(H,21,24)/b15-10-. The van der Waals surface area contributed by atoms with Crippen molar-refractivity contribution in [2.45, 2.75) is 13.8 Å². The van der Waals surface area contributed by atoms with Crippen molar-refractivity contribution >= 4 is 29.3 Å². The third-order valence-electron chi connectivity index (χ3n) is 4.06. The first kappa shape index (κ1) is 19.9. The maximum Gasteiger partial charge on any atom is 0.315 e. The first-order chi connectivity index (χ1) is 14.0. The molecule has 0 unspecified atom stereocenters. The Hall–Kier alpha value is -3.88. The molecule has 0 radical (unpaired) electrons. The van der Waals surface area contributed by atoms with Gasteiger partial charge in [-0.2, -0.15) is 0 Å². The lowest BCUT2D eigenvalue weighted by Crippen LogP contribution is -2.35. The third kappa shape index (κ3) is 4.03. The second-order valence-electron chi connectivity index (χ2n) is 5.97. The highest BCUT2D eigenvalue weighted by Crippen LogP contribution is 2.39. The number of nitrogens with one attached hydrogen (secondary N) is 1. The molecule has 1 N–H and O–H groups in total. The maximum atomic E-state index is 12.7. The number of ether oxygens (including phenoxy) is 2. The summed E-state index contributed by atoms with van der Waals surface area (Å²) < 4.78 is 10.9. The molecule has 1 saturated heterocycles. The molecule has 2 aromatic carbocycles. The van der Waals surface area contributed by atoms with E-state index in [2.05, 4.69) is 5.43 Å². The van der Waals surface area contributed by atoms with Gasteiger partial charge in [0.05, 0.1) is 23.8 Å². The van der Waals surface area contributed by atoms with Gasteiger partial charge in [0, 0.05) is 6.07 Å². The molecule has 9 nitrogen and oxygen atoms in total. The van der Waals surface area contributed by atoms with Crippen molar-refractivity contribution in [3.63, 3.8) is 0 Å². The smallest absolute Gasteiger partial charge is 0.315 e. The summed E-state index contributed by atoms with van der Waals surface area (Å²) in [5.74, 6) is -0.986. The molecule has 0 saturated carbocycles. The molecule has 0 aromatic heterocycles. The van der Waals surface area contributed by atoms with Gasteiger partial charge in [0.15, 0.2) is 5.75 Å². The SMILES string of the molecule is CCOc1cc(/C=C2/C(=O)NN(c3ccccc3)C2=O)cc([N+](=O)[O-])c1OCC. The molecule has 0 spiro atoms. The van der Waals surface area contributed by atoms with Crippen LogP contribution in [0.3, 0.4) is 0 Å². The van der Waals surface area contributed by atoms with E-state index >= 15 is 0 Å². The Morgan fingerprint density at radius 3 is 2.41 bits per heavy atom. The minimum atomic E-state index is -0.603. The Labute approximate surface area is 166 Å². The Balaban J connectivity index is 2.04. The molecule has 150 valence electrons. The van der Waals surface area contributed by atoms with Crippen molar-refractivity contribution in [1.82, 2.24) is 5.43 Å². The van der Waals surface area contributed by atoms with Crippen LogP contribution in [-0.2, 0) is 9.59 Å². The summed E-state index contributed by atoms with van der Waals surface area (Å²) in [6, 6.07) is 11.4. The average molecular weight is 397 g/mol. The average Bonchev–Trinajstić information content (AvgIpc) is 2.98. The quantitative estimate of drug-likeness (QED) is 0.333. The number of rotatable bonds is 7. The number of anilines is 1. The molecule has 1 aliphatic heterocycles. The lowest BCUT2D eigenvalue weighted by Gasteiger charge is -2.14. The van der Waals surface area contributed by atoms with Gasteiger partial charge in [-0.1, -0.05) is 18.2 Å². The van der Waals surface area contributed by atoms with E-state index in [-0.39, 0.29) is 41.5 Å². The zero-order chi connectivity index (χ0) is 21.0. The topological polar surface area (TPSA) is 111 Å². The largest absolute Gasteiger partial charge is 0.490 e. The van der Waals surface area contributed by atoms with Crippen molar-refractivity contribution < 1.29 is 24.0 Å². The van der Waals surface area contributed by atoms with Crippen molar-refractivity contribution in [3.8, 4) is 11.5 Å². The summed E-state index contributed by atoms with van der Waals surface area (Å²) in [5.41, 5.74) is 2.81. The van der Waals surface area contributed by atoms with Crippen LogP contribution in [0.15, 0.2) is 48.0 Å². The Morgan fingerprint density at radius 2 is 1.79 bits per heavy atom. The first-order valence-electron chi connectivity index (χ1n) is 8.96. The molecule has 0 aliphatic carbocycles. The predicted octanol–water partition coefficient (Wildman–Crippen LogP) is 2.85. The third-order valence-corrected chi connectivity index (χ3v) is 4.06. The molecule has 1 heterocycles. The zero-order valence-electron chi connectivity index (χ0n) is 15.9. The molecule has 0 atom stereocenters. The van der Waals surface area contributed by atoms with Gasteiger partial charge in [0.1, 0.15) is 5.57 Å². The number of hydrazine groups is 1. The Kier molecular flexibility index (Phi) is 5.77. The fraction of sp³-hybridized carbons (Fsp3) is 0.200. The molecule has 2 aromatic rings.